The van der Waals surface area contributed by atoms with Gasteiger partial charge in [0, 0.05) is 6.54 Å². The first-order chi connectivity index (χ1) is 9.38. The number of carbonyl (C=O) groups is 1. The van der Waals surface area contributed by atoms with Gasteiger partial charge < -0.3 is 4.74 Å². The van der Waals surface area contributed by atoms with Crippen LogP contribution in [0.2, 0.25) is 0 Å². The van der Waals surface area contributed by atoms with E-state index in [2.05, 4.69) is 10.4 Å². The van der Waals surface area contributed by atoms with Crippen molar-refractivity contribution in [1.82, 2.24) is 15.1 Å². The molecular formula is C12H16F3N3O2. The molecular weight excluding hydrogens is 275 g/mol. The fourth-order valence-electron chi connectivity index (χ4n) is 2.25. The Labute approximate surface area is 114 Å². The maximum Gasteiger partial charge on any atom is 0.405 e. The third kappa shape index (κ3) is 2.65. The van der Waals surface area contributed by atoms with E-state index < -0.39 is 18.2 Å². The van der Waals surface area contributed by atoms with E-state index in [1.165, 1.54) is 4.68 Å². The minimum absolute atomic E-state index is 0.0503. The Bertz CT molecular complexity index is 511. The largest absolute Gasteiger partial charge is 0.462 e. The fraction of sp³-hybridized carbons (Fsp3) is 0.667. The minimum atomic E-state index is -4.33. The summed E-state index contributed by atoms with van der Waals surface area (Å²) in [6.45, 7) is 3.31. The fourth-order valence-corrected chi connectivity index (χ4v) is 2.25. The number of rotatable bonds is 3. The van der Waals surface area contributed by atoms with Crippen LogP contribution in [0, 0.1) is 0 Å². The van der Waals surface area contributed by atoms with Crippen LogP contribution in [0.25, 0.3) is 0 Å². The molecule has 2 rings (SSSR count). The predicted octanol–water partition coefficient (Wildman–Crippen LogP) is 1.66. The number of nitrogens with one attached hydrogen (secondary N) is 1. The SMILES string of the molecule is CCOC(=O)c1c(CC)nn2c1CNC(C(F)(F)F)C2. The van der Waals surface area contributed by atoms with Gasteiger partial charge in [-0.25, -0.2) is 4.79 Å². The molecule has 1 aliphatic rings. The highest BCUT2D eigenvalue weighted by Crippen LogP contribution is 2.27. The summed E-state index contributed by atoms with van der Waals surface area (Å²) in [5.74, 6) is -0.530. The van der Waals surface area contributed by atoms with Gasteiger partial charge in [0.25, 0.3) is 0 Å². The molecule has 5 nitrogen and oxygen atoms in total. The smallest absolute Gasteiger partial charge is 0.405 e. The van der Waals surface area contributed by atoms with Gasteiger partial charge in [0.2, 0.25) is 0 Å². The summed E-state index contributed by atoms with van der Waals surface area (Å²) in [5, 5.41) is 6.51. The molecule has 0 amide bonds. The number of hydrogen-bond donors (Lipinski definition) is 1. The number of carbonyl (C=O) groups excluding carboxylic acids is 1. The molecule has 1 aromatic rings. The van der Waals surface area contributed by atoms with E-state index in [4.69, 9.17) is 4.74 Å². The summed E-state index contributed by atoms with van der Waals surface area (Å²) in [5.41, 5.74) is 1.23. The summed E-state index contributed by atoms with van der Waals surface area (Å²) in [6, 6.07) is -1.64. The van der Waals surface area contributed by atoms with Crippen molar-refractivity contribution in [3.8, 4) is 0 Å². The van der Waals surface area contributed by atoms with Gasteiger partial charge in [-0.15, -0.1) is 0 Å². The Hall–Kier alpha value is -1.57. The Morgan fingerprint density at radius 3 is 2.75 bits per heavy atom. The van der Waals surface area contributed by atoms with Crippen molar-refractivity contribution in [3.63, 3.8) is 0 Å². The Morgan fingerprint density at radius 2 is 2.20 bits per heavy atom. The molecule has 2 heterocycles. The Morgan fingerprint density at radius 1 is 1.50 bits per heavy atom. The van der Waals surface area contributed by atoms with Crippen molar-refractivity contribution >= 4 is 5.97 Å². The molecule has 8 heteroatoms. The Balaban J connectivity index is 2.34. The number of fused-ring (bicyclic) bond motifs is 1. The summed E-state index contributed by atoms with van der Waals surface area (Å²) in [7, 11) is 0. The number of aryl methyl sites for hydroxylation is 1. The third-order valence-corrected chi connectivity index (χ3v) is 3.21. The van der Waals surface area contributed by atoms with Crippen molar-refractivity contribution in [2.75, 3.05) is 6.61 Å². The van der Waals surface area contributed by atoms with E-state index >= 15 is 0 Å². The standard InChI is InChI=1S/C12H16F3N3O2/c1-3-7-10(11(19)20-4-2)8-5-16-9(12(13,14)15)6-18(8)17-7/h9,16H,3-6H2,1-2H3. The first kappa shape index (κ1) is 14.8. The molecule has 0 fully saturated rings. The first-order valence-corrected chi connectivity index (χ1v) is 6.44. The number of ether oxygens (including phenoxy) is 1. The monoisotopic (exact) mass is 291 g/mol. The van der Waals surface area contributed by atoms with Gasteiger partial charge in [0.1, 0.15) is 11.6 Å². The molecule has 1 atom stereocenters. The van der Waals surface area contributed by atoms with Gasteiger partial charge in [-0.2, -0.15) is 18.3 Å². The number of alkyl halides is 3. The van der Waals surface area contributed by atoms with Crippen LogP contribution in [-0.2, 0) is 24.2 Å². The second kappa shape index (κ2) is 5.43. The maximum atomic E-state index is 12.7. The number of esters is 1. The van der Waals surface area contributed by atoms with E-state index in [0.717, 1.165) is 0 Å². The topological polar surface area (TPSA) is 56.1 Å². The van der Waals surface area contributed by atoms with Crippen LogP contribution in [0.1, 0.15) is 35.6 Å². The molecule has 0 aromatic carbocycles. The molecule has 1 aliphatic heterocycles. The Kier molecular flexibility index (Phi) is 4.03. The van der Waals surface area contributed by atoms with E-state index in [9.17, 15) is 18.0 Å². The average Bonchev–Trinajstić information content (AvgIpc) is 2.75. The molecule has 20 heavy (non-hydrogen) atoms. The summed E-state index contributed by atoms with van der Waals surface area (Å²) in [4.78, 5) is 11.9. The molecule has 0 saturated carbocycles. The molecule has 0 saturated heterocycles. The molecule has 0 spiro atoms. The van der Waals surface area contributed by atoms with Crippen LogP contribution in [0.3, 0.4) is 0 Å². The van der Waals surface area contributed by atoms with Crippen LogP contribution in [0.4, 0.5) is 13.2 Å². The summed E-state index contributed by atoms with van der Waals surface area (Å²) < 4.78 is 44.3. The lowest BCUT2D eigenvalue weighted by atomic mass is 10.1. The van der Waals surface area contributed by atoms with Crippen molar-refractivity contribution < 1.29 is 22.7 Å². The number of hydrogen-bond acceptors (Lipinski definition) is 4. The zero-order valence-corrected chi connectivity index (χ0v) is 11.3. The minimum Gasteiger partial charge on any atom is -0.462 e. The van der Waals surface area contributed by atoms with E-state index in [-0.39, 0.29) is 19.7 Å². The average molecular weight is 291 g/mol. The first-order valence-electron chi connectivity index (χ1n) is 6.44. The molecule has 1 aromatic heterocycles. The van der Waals surface area contributed by atoms with E-state index in [1.54, 1.807) is 13.8 Å². The quantitative estimate of drug-likeness (QED) is 0.861. The van der Waals surface area contributed by atoms with Gasteiger partial charge in [0.05, 0.1) is 24.5 Å². The lowest BCUT2D eigenvalue weighted by Crippen LogP contribution is -2.49. The predicted molar refractivity (Wildman–Crippen MR) is 64.2 cm³/mol. The van der Waals surface area contributed by atoms with Crippen LogP contribution >= 0.6 is 0 Å². The zero-order valence-electron chi connectivity index (χ0n) is 11.3. The number of aromatic nitrogens is 2. The normalized spacial score (nSPS) is 18.8. The highest BCUT2D eigenvalue weighted by Gasteiger charge is 2.43. The summed E-state index contributed by atoms with van der Waals surface area (Å²) >= 11 is 0. The second-order valence-corrected chi connectivity index (χ2v) is 4.50. The molecule has 1 N–H and O–H groups in total. The third-order valence-electron chi connectivity index (χ3n) is 3.21. The van der Waals surface area contributed by atoms with Crippen LogP contribution < -0.4 is 5.32 Å². The van der Waals surface area contributed by atoms with Crippen LogP contribution in [0.5, 0.6) is 0 Å². The molecule has 0 bridgehead atoms. The molecule has 0 radical (unpaired) electrons. The van der Waals surface area contributed by atoms with Crippen molar-refractivity contribution in [2.24, 2.45) is 0 Å². The zero-order chi connectivity index (χ0) is 14.9. The van der Waals surface area contributed by atoms with Gasteiger partial charge in [-0.05, 0) is 13.3 Å². The number of halogens is 3. The second-order valence-electron chi connectivity index (χ2n) is 4.50. The van der Waals surface area contributed by atoms with Gasteiger partial charge >= 0.3 is 12.1 Å². The van der Waals surface area contributed by atoms with Crippen molar-refractivity contribution in [1.29, 1.82) is 0 Å². The highest BCUT2D eigenvalue weighted by atomic mass is 19.4. The molecule has 1 unspecified atom stereocenters. The van der Waals surface area contributed by atoms with Gasteiger partial charge in [-0.1, -0.05) is 6.92 Å². The van der Waals surface area contributed by atoms with Crippen molar-refractivity contribution in [2.45, 2.75) is 45.6 Å². The van der Waals surface area contributed by atoms with Crippen molar-refractivity contribution in [3.05, 3.63) is 17.0 Å². The number of nitrogens with zero attached hydrogens (tertiary/aromatic N) is 2. The lowest BCUT2D eigenvalue weighted by Gasteiger charge is -2.27. The summed E-state index contributed by atoms with van der Waals surface area (Å²) in [6.07, 6.45) is -3.87. The van der Waals surface area contributed by atoms with Crippen LogP contribution in [-0.4, -0.2) is 34.6 Å². The molecule has 0 aliphatic carbocycles. The van der Waals surface area contributed by atoms with E-state index in [0.29, 0.717) is 23.4 Å². The maximum absolute atomic E-state index is 12.7. The lowest BCUT2D eigenvalue weighted by molar-refractivity contribution is -0.162. The van der Waals surface area contributed by atoms with Gasteiger partial charge in [-0.3, -0.25) is 10.00 Å². The van der Waals surface area contributed by atoms with Gasteiger partial charge in [0.15, 0.2) is 0 Å². The highest BCUT2D eigenvalue weighted by molar-refractivity contribution is 5.92. The molecule has 112 valence electrons. The van der Waals surface area contributed by atoms with Crippen LogP contribution in [0.15, 0.2) is 0 Å². The van der Waals surface area contributed by atoms with E-state index in [1.807, 2.05) is 0 Å².